The van der Waals surface area contributed by atoms with Crippen LogP contribution in [-0.4, -0.2) is 11.4 Å². The van der Waals surface area contributed by atoms with Crippen molar-refractivity contribution in [3.05, 3.63) is 157 Å². The summed E-state index contributed by atoms with van der Waals surface area (Å²) in [5, 5.41) is 22.1. The summed E-state index contributed by atoms with van der Waals surface area (Å²) in [4.78, 5) is 0. The van der Waals surface area contributed by atoms with Gasteiger partial charge in [-0.1, -0.05) is 121 Å². The van der Waals surface area contributed by atoms with E-state index >= 15 is 0 Å². The fraction of sp³-hybridized carbons (Fsp3) is 0. The Morgan fingerprint density at radius 1 is 0.350 bits per heavy atom. The Hall–Kier alpha value is -5.34. The van der Waals surface area contributed by atoms with E-state index in [0.717, 1.165) is 39.0 Å². The Labute approximate surface area is 233 Å². The summed E-state index contributed by atoms with van der Waals surface area (Å²) in [6.07, 6.45) is 3.83. The van der Waals surface area contributed by atoms with E-state index in [1.54, 1.807) is 6.08 Å². The van der Waals surface area contributed by atoms with Crippen LogP contribution in [0.1, 0.15) is 11.1 Å². The zero-order valence-corrected chi connectivity index (χ0v) is 21.9. The van der Waals surface area contributed by atoms with Crippen molar-refractivity contribution in [2.45, 2.75) is 0 Å². The van der Waals surface area contributed by atoms with Crippen LogP contribution in [0.4, 0.5) is 0 Å². The molecule has 188 valence electrons. The number of rotatable bonds is 4. The van der Waals surface area contributed by atoms with Gasteiger partial charge in [0.1, 0.15) is 0 Å². The molecule has 40 heavy (non-hydrogen) atoms. The molecular weight excluding hydrogens is 484 g/mol. The lowest BCUT2D eigenvalue weighted by Gasteiger charge is -2.17. The highest BCUT2D eigenvalue weighted by atomic mass is 14.5. The second-order valence-corrected chi connectivity index (χ2v) is 10.2. The average Bonchev–Trinajstić information content (AvgIpc) is 3.02. The van der Waals surface area contributed by atoms with Gasteiger partial charge in [-0.25, -0.2) is 0 Å². The van der Waals surface area contributed by atoms with Crippen LogP contribution in [-0.2, 0) is 0 Å². The van der Waals surface area contributed by atoms with Gasteiger partial charge in [-0.05, 0) is 84.8 Å². The monoisotopic (exact) mass is 510 g/mol. The summed E-state index contributed by atoms with van der Waals surface area (Å²) < 4.78 is 0. The maximum Gasteiger partial charge on any atom is 0.0867 e. The number of fused-ring (bicyclic) bond motifs is 2. The van der Waals surface area contributed by atoms with Gasteiger partial charge in [0.25, 0.3) is 0 Å². The van der Waals surface area contributed by atoms with Gasteiger partial charge in [0.05, 0.1) is 11.4 Å². The van der Waals surface area contributed by atoms with Crippen LogP contribution in [0.5, 0.6) is 0 Å². The summed E-state index contributed by atoms with van der Waals surface area (Å²) in [6, 6.07) is 46.7. The molecule has 0 saturated heterocycles. The largest absolute Gasteiger partial charge is 0.299 e. The highest BCUT2D eigenvalue weighted by Crippen LogP contribution is 2.32. The van der Waals surface area contributed by atoms with E-state index in [2.05, 4.69) is 133 Å². The smallest absolute Gasteiger partial charge is 0.0867 e. The van der Waals surface area contributed by atoms with Gasteiger partial charge >= 0.3 is 0 Å². The van der Waals surface area contributed by atoms with Crippen molar-refractivity contribution in [1.29, 1.82) is 10.8 Å². The Morgan fingerprint density at radius 3 is 1.30 bits per heavy atom. The minimum atomic E-state index is 0.227. The van der Waals surface area contributed by atoms with E-state index in [1.165, 1.54) is 27.1 Å². The minimum Gasteiger partial charge on any atom is -0.299 e. The molecule has 0 amide bonds. The molecule has 2 nitrogen and oxygen atoms in total. The molecule has 0 radical (unpaired) electrons. The second kappa shape index (κ2) is 9.76. The van der Waals surface area contributed by atoms with E-state index in [-0.39, 0.29) is 11.4 Å². The molecule has 1 aliphatic rings. The van der Waals surface area contributed by atoms with Crippen molar-refractivity contribution in [2.75, 3.05) is 0 Å². The van der Waals surface area contributed by atoms with Gasteiger partial charge in [0.15, 0.2) is 0 Å². The predicted octanol–water partition coefficient (Wildman–Crippen LogP) is 9.85. The van der Waals surface area contributed by atoms with Crippen molar-refractivity contribution in [2.24, 2.45) is 0 Å². The Balaban J connectivity index is 1.18. The molecule has 6 aromatic rings. The summed E-state index contributed by atoms with van der Waals surface area (Å²) in [7, 11) is 0. The Morgan fingerprint density at radius 2 is 0.775 bits per heavy atom. The first-order valence-electron chi connectivity index (χ1n) is 13.4. The van der Waals surface area contributed by atoms with Crippen molar-refractivity contribution in [3.8, 4) is 22.3 Å². The molecule has 0 spiro atoms. The average molecular weight is 511 g/mol. The van der Waals surface area contributed by atoms with Crippen LogP contribution in [0.25, 0.3) is 54.9 Å². The van der Waals surface area contributed by atoms with Crippen LogP contribution in [0.15, 0.2) is 146 Å². The molecule has 2 N–H and O–H groups in total. The van der Waals surface area contributed by atoms with Gasteiger partial charge in [-0.15, -0.1) is 0 Å². The first kappa shape index (κ1) is 23.8. The highest BCUT2D eigenvalue weighted by Gasteiger charge is 2.19. The molecule has 0 aliphatic heterocycles. The van der Waals surface area contributed by atoms with E-state index in [4.69, 9.17) is 10.8 Å². The summed E-state index contributed by atoms with van der Waals surface area (Å²) in [5.41, 5.74) is 8.79. The van der Waals surface area contributed by atoms with Gasteiger partial charge in [0.2, 0.25) is 0 Å². The molecule has 0 heterocycles. The van der Waals surface area contributed by atoms with E-state index in [0.29, 0.717) is 0 Å². The zero-order valence-electron chi connectivity index (χ0n) is 21.9. The number of allylic oxidation sites excluding steroid dienone is 4. The van der Waals surface area contributed by atoms with Crippen LogP contribution in [0, 0.1) is 10.8 Å². The lowest BCUT2D eigenvalue weighted by molar-refractivity contribution is 1.48. The molecular formula is C38H26N2. The molecule has 7 rings (SSSR count). The second-order valence-electron chi connectivity index (χ2n) is 10.2. The molecule has 1 aliphatic carbocycles. The van der Waals surface area contributed by atoms with E-state index in [9.17, 15) is 0 Å². The quantitative estimate of drug-likeness (QED) is 0.222. The van der Waals surface area contributed by atoms with Gasteiger partial charge in [-0.3, -0.25) is 10.8 Å². The third-order valence-electron chi connectivity index (χ3n) is 7.72. The third-order valence-corrected chi connectivity index (χ3v) is 7.72. The maximum atomic E-state index is 8.62. The lowest BCUT2D eigenvalue weighted by Crippen LogP contribution is -2.15. The van der Waals surface area contributed by atoms with Gasteiger partial charge in [-0.2, -0.15) is 0 Å². The molecule has 0 unspecified atom stereocenters. The highest BCUT2D eigenvalue weighted by molar-refractivity contribution is 6.61. The van der Waals surface area contributed by atoms with Crippen molar-refractivity contribution < 1.29 is 0 Å². The minimum absolute atomic E-state index is 0.227. The van der Waals surface area contributed by atoms with Crippen molar-refractivity contribution >= 4 is 44.1 Å². The SMILES string of the molecule is N=C1C=C(c2ccc(-c3ccc4ccccc4c3)cc2)C=C(c2ccc(-c3ccc4ccccc4c3)cc2)C1=N. The predicted molar refractivity (Wildman–Crippen MR) is 170 cm³/mol. The molecule has 6 aromatic carbocycles. The van der Waals surface area contributed by atoms with Gasteiger partial charge < -0.3 is 0 Å². The standard InChI is InChI=1S/C38H26N2/c39-37-24-35(29-11-9-27(10-12-29)33-19-15-25-5-1-3-7-31(25)21-33)23-36(38(37)40)30-17-13-28(14-18-30)34-20-16-26-6-2-4-8-32(26)22-34/h1-24,39-40H. The van der Waals surface area contributed by atoms with E-state index in [1.807, 2.05) is 6.08 Å². The van der Waals surface area contributed by atoms with Crippen molar-refractivity contribution in [1.82, 2.24) is 0 Å². The topological polar surface area (TPSA) is 47.7 Å². The van der Waals surface area contributed by atoms with Gasteiger partial charge in [0, 0.05) is 5.57 Å². The fourth-order valence-electron chi connectivity index (χ4n) is 5.47. The molecule has 0 aromatic heterocycles. The van der Waals surface area contributed by atoms with Crippen molar-refractivity contribution in [3.63, 3.8) is 0 Å². The molecule has 0 bridgehead atoms. The van der Waals surface area contributed by atoms with Crippen LogP contribution >= 0.6 is 0 Å². The van der Waals surface area contributed by atoms with Crippen LogP contribution in [0.2, 0.25) is 0 Å². The molecule has 2 heteroatoms. The van der Waals surface area contributed by atoms with Crippen LogP contribution in [0.3, 0.4) is 0 Å². The number of nitrogens with one attached hydrogen (secondary N) is 2. The zero-order chi connectivity index (χ0) is 27.1. The molecule has 0 atom stereocenters. The summed E-state index contributed by atoms with van der Waals surface area (Å²) in [5.74, 6) is 0. The number of hydrogen-bond acceptors (Lipinski definition) is 2. The van der Waals surface area contributed by atoms with Crippen LogP contribution < -0.4 is 0 Å². The summed E-state index contributed by atoms with van der Waals surface area (Å²) >= 11 is 0. The number of hydrogen-bond donors (Lipinski definition) is 2. The lowest BCUT2D eigenvalue weighted by atomic mass is 9.87. The molecule has 0 saturated carbocycles. The fourth-order valence-corrected chi connectivity index (χ4v) is 5.47. The molecule has 0 fully saturated rings. The van der Waals surface area contributed by atoms with E-state index < -0.39 is 0 Å². The normalized spacial score (nSPS) is 13.4. The Kier molecular flexibility index (Phi) is 5.79. The maximum absolute atomic E-state index is 8.62. The first-order chi connectivity index (χ1) is 19.6. The number of benzene rings is 6. The third kappa shape index (κ3) is 4.36. The summed E-state index contributed by atoms with van der Waals surface area (Å²) in [6.45, 7) is 0. The Bertz CT molecular complexity index is 2010. The first-order valence-corrected chi connectivity index (χ1v) is 13.4.